The van der Waals surface area contributed by atoms with Crippen molar-refractivity contribution in [1.29, 1.82) is 0 Å². The maximum absolute atomic E-state index is 10.7. The Morgan fingerprint density at radius 3 is 2.93 bits per heavy atom. The van der Waals surface area contributed by atoms with Crippen molar-refractivity contribution in [2.75, 3.05) is 0 Å². The van der Waals surface area contributed by atoms with Gasteiger partial charge < -0.3 is 4.79 Å². The highest BCUT2D eigenvalue weighted by molar-refractivity contribution is 6.31. The molecule has 0 aromatic heterocycles. The van der Waals surface area contributed by atoms with Gasteiger partial charge in [0, 0.05) is 10.9 Å². The summed E-state index contributed by atoms with van der Waals surface area (Å²) in [4.78, 5) is 10.7. The topological polar surface area (TPSA) is 17.1 Å². The molecule has 0 saturated carbocycles. The number of hydrogen-bond donors (Lipinski definition) is 0. The normalized spacial score (nSPS) is 21.7. The van der Waals surface area contributed by atoms with Crippen LogP contribution in [0.25, 0.3) is 0 Å². The third-order valence-corrected chi connectivity index (χ3v) is 3.48. The summed E-state index contributed by atoms with van der Waals surface area (Å²) in [6.07, 6.45) is 3.00. The lowest BCUT2D eigenvalue weighted by Gasteiger charge is -2.11. The predicted molar refractivity (Wildman–Crippen MR) is 57.6 cm³/mol. The minimum Gasteiger partial charge on any atom is -0.303 e. The van der Waals surface area contributed by atoms with Gasteiger partial charge in [-0.1, -0.05) is 30.7 Å². The van der Waals surface area contributed by atoms with E-state index in [9.17, 15) is 4.79 Å². The number of carbonyl (C=O) groups excluding carboxylic acids is 1. The third kappa shape index (κ3) is 1.57. The summed E-state index contributed by atoms with van der Waals surface area (Å²) in [6.45, 7) is 1.98. The van der Waals surface area contributed by atoms with Gasteiger partial charge in [0.15, 0.2) is 0 Å². The highest BCUT2D eigenvalue weighted by atomic mass is 35.5. The summed E-state index contributed by atoms with van der Waals surface area (Å²) in [7, 11) is 0. The number of rotatable bonds is 2. The predicted octanol–water partition coefficient (Wildman–Crippen LogP) is 2.89. The van der Waals surface area contributed by atoms with Crippen molar-refractivity contribution in [3.8, 4) is 0 Å². The van der Waals surface area contributed by atoms with E-state index < -0.39 is 0 Å². The fraction of sp³-hybridized carbons (Fsp3) is 0.417. The molecular formula is C12H13ClO. The molecule has 2 heteroatoms. The molecule has 0 bridgehead atoms. The van der Waals surface area contributed by atoms with Gasteiger partial charge in [0.1, 0.15) is 6.29 Å². The van der Waals surface area contributed by atoms with Crippen molar-refractivity contribution in [1.82, 2.24) is 0 Å². The minimum absolute atomic E-state index is 0.137. The Morgan fingerprint density at radius 1 is 1.50 bits per heavy atom. The molecule has 1 aliphatic rings. The molecule has 0 N–H and O–H groups in total. The Labute approximate surface area is 89.1 Å². The van der Waals surface area contributed by atoms with E-state index in [4.69, 9.17) is 11.6 Å². The Hall–Kier alpha value is -0.820. The van der Waals surface area contributed by atoms with Gasteiger partial charge in [0.25, 0.3) is 0 Å². The molecule has 1 aromatic rings. The SMILES string of the molecule is CC(C=O)C1Cc2cccc(Cl)c2C1. The molecule has 2 rings (SSSR count). The van der Waals surface area contributed by atoms with Crippen molar-refractivity contribution in [3.63, 3.8) is 0 Å². The van der Waals surface area contributed by atoms with Gasteiger partial charge in [-0.2, -0.15) is 0 Å². The van der Waals surface area contributed by atoms with E-state index in [-0.39, 0.29) is 5.92 Å². The summed E-state index contributed by atoms with van der Waals surface area (Å²) >= 11 is 6.09. The molecule has 74 valence electrons. The molecule has 2 unspecified atom stereocenters. The monoisotopic (exact) mass is 208 g/mol. The molecule has 0 radical (unpaired) electrons. The second-order valence-electron chi connectivity index (χ2n) is 4.04. The van der Waals surface area contributed by atoms with Gasteiger partial charge >= 0.3 is 0 Å². The van der Waals surface area contributed by atoms with Crippen LogP contribution in [0.2, 0.25) is 5.02 Å². The number of carbonyl (C=O) groups is 1. The zero-order chi connectivity index (χ0) is 10.1. The van der Waals surface area contributed by atoms with Crippen LogP contribution in [0.4, 0.5) is 0 Å². The Bertz CT molecular complexity index is 359. The van der Waals surface area contributed by atoms with E-state index in [1.807, 2.05) is 19.1 Å². The summed E-state index contributed by atoms with van der Waals surface area (Å²) in [5.41, 5.74) is 2.56. The lowest BCUT2D eigenvalue weighted by atomic mass is 9.93. The molecule has 1 aliphatic carbocycles. The molecule has 0 aliphatic heterocycles. The quantitative estimate of drug-likeness (QED) is 0.684. The number of hydrogen-bond acceptors (Lipinski definition) is 1. The summed E-state index contributed by atoms with van der Waals surface area (Å²) in [5, 5.41) is 0.850. The van der Waals surface area contributed by atoms with Crippen LogP contribution in [0.5, 0.6) is 0 Å². The first-order valence-electron chi connectivity index (χ1n) is 4.94. The minimum atomic E-state index is 0.137. The molecular weight excluding hydrogens is 196 g/mol. The van der Waals surface area contributed by atoms with Crippen LogP contribution in [-0.4, -0.2) is 6.29 Å². The molecule has 14 heavy (non-hydrogen) atoms. The maximum atomic E-state index is 10.7. The van der Waals surface area contributed by atoms with Crippen LogP contribution in [0, 0.1) is 11.8 Å². The van der Waals surface area contributed by atoms with E-state index in [0.717, 1.165) is 24.2 Å². The van der Waals surface area contributed by atoms with Crippen LogP contribution in [0.15, 0.2) is 18.2 Å². The van der Waals surface area contributed by atoms with Crippen LogP contribution < -0.4 is 0 Å². The summed E-state index contributed by atoms with van der Waals surface area (Å²) < 4.78 is 0. The first-order valence-corrected chi connectivity index (χ1v) is 5.31. The molecule has 0 saturated heterocycles. The molecule has 1 aromatic carbocycles. The molecule has 0 heterocycles. The number of aldehydes is 1. The lowest BCUT2D eigenvalue weighted by Crippen LogP contribution is -2.12. The van der Waals surface area contributed by atoms with E-state index in [0.29, 0.717) is 5.92 Å². The van der Waals surface area contributed by atoms with Gasteiger partial charge in [-0.05, 0) is 36.0 Å². The first kappa shape index (κ1) is 9.72. The van der Waals surface area contributed by atoms with Crippen molar-refractivity contribution in [2.45, 2.75) is 19.8 Å². The second kappa shape index (κ2) is 3.74. The largest absolute Gasteiger partial charge is 0.303 e. The highest BCUT2D eigenvalue weighted by Crippen LogP contribution is 2.34. The molecule has 0 fully saturated rings. The van der Waals surface area contributed by atoms with E-state index in [2.05, 4.69) is 6.07 Å². The Balaban J connectivity index is 2.26. The van der Waals surface area contributed by atoms with Crippen LogP contribution in [0.1, 0.15) is 18.1 Å². The standard InChI is InChI=1S/C12H13ClO/c1-8(7-14)10-5-9-3-2-4-12(13)11(9)6-10/h2-4,7-8,10H,5-6H2,1H3. The van der Waals surface area contributed by atoms with Crippen LogP contribution in [0.3, 0.4) is 0 Å². The average molecular weight is 209 g/mol. The van der Waals surface area contributed by atoms with Gasteiger partial charge in [-0.3, -0.25) is 0 Å². The van der Waals surface area contributed by atoms with Crippen molar-refractivity contribution >= 4 is 17.9 Å². The highest BCUT2D eigenvalue weighted by Gasteiger charge is 2.26. The Kier molecular flexibility index (Phi) is 2.60. The smallest absolute Gasteiger partial charge is 0.123 e. The first-order chi connectivity index (χ1) is 6.72. The molecule has 0 amide bonds. The van der Waals surface area contributed by atoms with Gasteiger partial charge in [0.05, 0.1) is 0 Å². The number of fused-ring (bicyclic) bond motifs is 1. The van der Waals surface area contributed by atoms with E-state index in [1.165, 1.54) is 11.1 Å². The van der Waals surface area contributed by atoms with Crippen molar-refractivity contribution < 1.29 is 4.79 Å². The number of halogens is 1. The van der Waals surface area contributed by atoms with Crippen molar-refractivity contribution in [2.24, 2.45) is 11.8 Å². The van der Waals surface area contributed by atoms with Gasteiger partial charge in [-0.15, -0.1) is 0 Å². The second-order valence-corrected chi connectivity index (χ2v) is 4.45. The fourth-order valence-corrected chi connectivity index (χ4v) is 2.39. The molecule has 2 atom stereocenters. The van der Waals surface area contributed by atoms with Crippen molar-refractivity contribution in [3.05, 3.63) is 34.3 Å². The van der Waals surface area contributed by atoms with Crippen LogP contribution >= 0.6 is 11.6 Å². The average Bonchev–Trinajstić information content (AvgIpc) is 2.62. The Morgan fingerprint density at radius 2 is 2.29 bits per heavy atom. The van der Waals surface area contributed by atoms with Gasteiger partial charge in [-0.25, -0.2) is 0 Å². The summed E-state index contributed by atoms with van der Waals surface area (Å²) in [6, 6.07) is 6.02. The van der Waals surface area contributed by atoms with E-state index in [1.54, 1.807) is 0 Å². The third-order valence-electron chi connectivity index (χ3n) is 3.12. The molecule has 0 spiro atoms. The zero-order valence-electron chi connectivity index (χ0n) is 8.16. The zero-order valence-corrected chi connectivity index (χ0v) is 8.92. The van der Waals surface area contributed by atoms with Crippen LogP contribution in [-0.2, 0) is 17.6 Å². The fourth-order valence-electron chi connectivity index (χ4n) is 2.12. The molecule has 1 nitrogen and oxygen atoms in total. The van der Waals surface area contributed by atoms with Gasteiger partial charge in [0.2, 0.25) is 0 Å². The number of benzene rings is 1. The summed E-state index contributed by atoms with van der Waals surface area (Å²) in [5.74, 6) is 0.584. The maximum Gasteiger partial charge on any atom is 0.123 e. The lowest BCUT2D eigenvalue weighted by molar-refractivity contribution is -0.111. The van der Waals surface area contributed by atoms with E-state index >= 15 is 0 Å².